The van der Waals surface area contributed by atoms with Crippen LogP contribution in [0.1, 0.15) is 0 Å². The van der Waals surface area contributed by atoms with Crippen LogP contribution in [0.5, 0.6) is 0 Å². The molecule has 0 unspecified atom stereocenters. The molecule has 5 heteroatoms. The fourth-order valence-electron chi connectivity index (χ4n) is 1.24. The highest BCUT2D eigenvalue weighted by atomic mass is 35.5. The van der Waals surface area contributed by atoms with E-state index in [0.717, 1.165) is 11.3 Å². The third-order valence-electron chi connectivity index (χ3n) is 1.87. The van der Waals surface area contributed by atoms with Gasteiger partial charge in [0, 0.05) is 23.8 Å². The van der Waals surface area contributed by atoms with Gasteiger partial charge in [0.1, 0.15) is 0 Å². The monoisotopic (exact) mass is 208 g/mol. The van der Waals surface area contributed by atoms with Gasteiger partial charge in [-0.05, 0) is 12.1 Å². The Morgan fingerprint density at radius 1 is 1.36 bits per heavy atom. The zero-order chi connectivity index (χ0) is 9.80. The lowest BCUT2D eigenvalue weighted by molar-refractivity contribution is 0.636. The summed E-state index contributed by atoms with van der Waals surface area (Å²) in [5.74, 6) is 0.524. The van der Waals surface area contributed by atoms with Crippen molar-refractivity contribution in [3.8, 4) is 11.3 Å². The summed E-state index contributed by atoms with van der Waals surface area (Å²) < 4.78 is 1.77. The molecule has 4 nitrogen and oxygen atoms in total. The molecule has 2 aromatic rings. The smallest absolute Gasteiger partial charge is 0.0901 e. The highest BCUT2D eigenvalue weighted by Gasteiger charge is 2.04. The molecule has 0 saturated carbocycles. The van der Waals surface area contributed by atoms with Crippen molar-refractivity contribution < 1.29 is 0 Å². The van der Waals surface area contributed by atoms with Crippen LogP contribution in [0, 0.1) is 0 Å². The molecule has 0 atom stereocenters. The van der Waals surface area contributed by atoms with E-state index >= 15 is 0 Å². The maximum Gasteiger partial charge on any atom is 0.0901 e. The normalized spacial score (nSPS) is 10.4. The SMILES string of the molecule is ClCCn1nncc1-c1cccnc1. The van der Waals surface area contributed by atoms with Gasteiger partial charge in [-0.2, -0.15) is 0 Å². The molecule has 0 spiro atoms. The average molecular weight is 209 g/mol. The molecule has 0 saturated heterocycles. The van der Waals surface area contributed by atoms with E-state index in [1.807, 2.05) is 12.1 Å². The fraction of sp³-hybridized carbons (Fsp3) is 0.222. The lowest BCUT2D eigenvalue weighted by atomic mass is 10.2. The van der Waals surface area contributed by atoms with Crippen molar-refractivity contribution >= 4 is 11.6 Å². The second-order valence-electron chi connectivity index (χ2n) is 2.77. The Balaban J connectivity index is 2.37. The van der Waals surface area contributed by atoms with Crippen molar-refractivity contribution in [1.82, 2.24) is 20.0 Å². The minimum atomic E-state index is 0.524. The number of nitrogens with zero attached hydrogens (tertiary/aromatic N) is 4. The highest BCUT2D eigenvalue weighted by Crippen LogP contribution is 2.15. The summed E-state index contributed by atoms with van der Waals surface area (Å²) in [6, 6.07) is 3.85. The van der Waals surface area contributed by atoms with E-state index in [1.165, 1.54) is 0 Å². The van der Waals surface area contributed by atoms with Crippen molar-refractivity contribution in [3.05, 3.63) is 30.7 Å². The first-order chi connectivity index (χ1) is 6.92. The van der Waals surface area contributed by atoms with E-state index in [2.05, 4.69) is 15.3 Å². The molecular weight excluding hydrogens is 200 g/mol. The lowest BCUT2D eigenvalue weighted by Gasteiger charge is -2.02. The van der Waals surface area contributed by atoms with Gasteiger partial charge in [0.2, 0.25) is 0 Å². The Labute approximate surface area is 86.5 Å². The molecule has 0 N–H and O–H groups in total. The van der Waals surface area contributed by atoms with Crippen molar-refractivity contribution in [2.24, 2.45) is 0 Å². The molecule has 2 aromatic heterocycles. The molecule has 0 amide bonds. The minimum absolute atomic E-state index is 0.524. The molecule has 0 aliphatic heterocycles. The van der Waals surface area contributed by atoms with Gasteiger partial charge >= 0.3 is 0 Å². The first kappa shape index (κ1) is 9.15. The van der Waals surface area contributed by atoms with Crippen LogP contribution in [0.4, 0.5) is 0 Å². The number of rotatable bonds is 3. The summed E-state index contributed by atoms with van der Waals surface area (Å²) in [4.78, 5) is 4.04. The van der Waals surface area contributed by atoms with Crippen LogP contribution >= 0.6 is 11.6 Å². The predicted octanol–water partition coefficient (Wildman–Crippen LogP) is 1.58. The molecule has 0 aliphatic carbocycles. The molecule has 0 radical (unpaired) electrons. The van der Waals surface area contributed by atoms with Gasteiger partial charge in [-0.15, -0.1) is 16.7 Å². The number of alkyl halides is 1. The number of aryl methyl sites for hydroxylation is 1. The zero-order valence-corrected chi connectivity index (χ0v) is 8.22. The van der Waals surface area contributed by atoms with E-state index in [1.54, 1.807) is 23.3 Å². The molecule has 72 valence electrons. The summed E-state index contributed by atoms with van der Waals surface area (Å²) in [6.45, 7) is 0.659. The molecule has 0 bridgehead atoms. The summed E-state index contributed by atoms with van der Waals surface area (Å²) in [5, 5.41) is 7.78. The third kappa shape index (κ3) is 1.75. The van der Waals surface area contributed by atoms with Crippen molar-refractivity contribution in [2.45, 2.75) is 6.54 Å². The van der Waals surface area contributed by atoms with Crippen LogP contribution in [0.15, 0.2) is 30.7 Å². The molecule has 2 rings (SSSR count). The highest BCUT2D eigenvalue weighted by molar-refractivity contribution is 6.17. The predicted molar refractivity (Wildman–Crippen MR) is 54.0 cm³/mol. The Morgan fingerprint density at radius 2 is 2.29 bits per heavy atom. The molecule has 14 heavy (non-hydrogen) atoms. The molecule has 0 aromatic carbocycles. The number of halogens is 1. The van der Waals surface area contributed by atoms with Gasteiger partial charge in [-0.25, -0.2) is 4.68 Å². The van der Waals surface area contributed by atoms with Crippen LogP contribution in [0.2, 0.25) is 0 Å². The fourth-order valence-corrected chi connectivity index (χ4v) is 1.40. The van der Waals surface area contributed by atoms with Gasteiger partial charge < -0.3 is 0 Å². The largest absolute Gasteiger partial charge is 0.264 e. The standard InChI is InChI=1S/C9H9ClN4/c10-3-5-14-9(7-12-13-14)8-2-1-4-11-6-8/h1-2,4,6-7H,3,5H2. The topological polar surface area (TPSA) is 43.6 Å². The second-order valence-corrected chi connectivity index (χ2v) is 3.15. The van der Waals surface area contributed by atoms with Crippen LogP contribution in [-0.4, -0.2) is 25.9 Å². The number of aromatic nitrogens is 4. The van der Waals surface area contributed by atoms with E-state index < -0.39 is 0 Å². The van der Waals surface area contributed by atoms with Crippen LogP contribution in [-0.2, 0) is 6.54 Å². The van der Waals surface area contributed by atoms with E-state index in [0.29, 0.717) is 12.4 Å². The lowest BCUT2D eigenvalue weighted by Crippen LogP contribution is -2.03. The maximum atomic E-state index is 5.65. The number of hydrogen-bond donors (Lipinski definition) is 0. The Kier molecular flexibility index (Phi) is 2.74. The summed E-state index contributed by atoms with van der Waals surface area (Å²) >= 11 is 5.65. The van der Waals surface area contributed by atoms with Gasteiger partial charge in [0.25, 0.3) is 0 Å². The first-order valence-electron chi connectivity index (χ1n) is 4.26. The molecular formula is C9H9ClN4. The zero-order valence-electron chi connectivity index (χ0n) is 7.47. The van der Waals surface area contributed by atoms with E-state index in [9.17, 15) is 0 Å². The maximum absolute atomic E-state index is 5.65. The van der Waals surface area contributed by atoms with Gasteiger partial charge in [-0.3, -0.25) is 4.98 Å². The summed E-state index contributed by atoms with van der Waals surface area (Å²) in [5.41, 5.74) is 1.95. The first-order valence-corrected chi connectivity index (χ1v) is 4.80. The third-order valence-corrected chi connectivity index (χ3v) is 2.04. The van der Waals surface area contributed by atoms with E-state index in [4.69, 9.17) is 11.6 Å². The molecule has 2 heterocycles. The Morgan fingerprint density at radius 3 is 3.00 bits per heavy atom. The average Bonchev–Trinajstić information content (AvgIpc) is 2.68. The van der Waals surface area contributed by atoms with Crippen molar-refractivity contribution in [1.29, 1.82) is 0 Å². The van der Waals surface area contributed by atoms with Crippen molar-refractivity contribution in [3.63, 3.8) is 0 Å². The Hall–Kier alpha value is -1.42. The minimum Gasteiger partial charge on any atom is -0.264 e. The van der Waals surface area contributed by atoms with Crippen LogP contribution in [0.3, 0.4) is 0 Å². The summed E-state index contributed by atoms with van der Waals surface area (Å²) in [7, 11) is 0. The van der Waals surface area contributed by atoms with Gasteiger partial charge in [-0.1, -0.05) is 5.21 Å². The summed E-state index contributed by atoms with van der Waals surface area (Å²) in [6.07, 6.45) is 5.23. The van der Waals surface area contributed by atoms with Gasteiger partial charge in [0.15, 0.2) is 0 Å². The van der Waals surface area contributed by atoms with Crippen molar-refractivity contribution in [2.75, 3.05) is 5.88 Å². The number of pyridine rings is 1. The van der Waals surface area contributed by atoms with Crippen LogP contribution in [0.25, 0.3) is 11.3 Å². The van der Waals surface area contributed by atoms with Gasteiger partial charge in [0.05, 0.1) is 18.4 Å². The second kappa shape index (κ2) is 4.19. The molecule has 0 aliphatic rings. The quantitative estimate of drug-likeness (QED) is 0.720. The number of hydrogen-bond acceptors (Lipinski definition) is 3. The van der Waals surface area contributed by atoms with Crippen LogP contribution < -0.4 is 0 Å². The Bertz CT molecular complexity index is 398. The van der Waals surface area contributed by atoms with E-state index in [-0.39, 0.29) is 0 Å². The molecule has 0 fully saturated rings.